The van der Waals surface area contributed by atoms with Crippen molar-refractivity contribution < 1.29 is 19.4 Å². The van der Waals surface area contributed by atoms with Crippen LogP contribution < -0.4 is 4.74 Å². The van der Waals surface area contributed by atoms with Gasteiger partial charge in [0, 0.05) is 6.54 Å². The summed E-state index contributed by atoms with van der Waals surface area (Å²) in [6.45, 7) is 9.08. The molecule has 2 atom stereocenters. The third kappa shape index (κ3) is 4.10. The van der Waals surface area contributed by atoms with Crippen molar-refractivity contribution in [1.29, 1.82) is 0 Å². The van der Waals surface area contributed by atoms with Crippen molar-refractivity contribution in [2.75, 3.05) is 19.7 Å². The maximum Gasteiger partial charge on any atom is 0.327 e. The van der Waals surface area contributed by atoms with Crippen LogP contribution in [0.3, 0.4) is 0 Å². The number of fused-ring (bicyclic) bond motifs is 1. The smallest absolute Gasteiger partial charge is 0.327 e. The number of rotatable bonds is 5. The topological polar surface area (TPSA) is 70.1 Å². The standard InChI is InChI=1S/C21H30N2O4/c1-14-11-15(21(2,3)4)8-9-18(14)27-13-16(24)12-23-19(25)17-7-5-6-10-22(17)20(23)26/h8-9,11,16-17,24H,5-7,10,12-13H2,1-4H3/t16-,17+/m1/s1. The molecule has 2 saturated heterocycles. The average molecular weight is 374 g/mol. The first kappa shape index (κ1) is 19.7. The molecule has 2 aliphatic rings. The number of nitrogens with zero attached hydrogens (tertiary/aromatic N) is 2. The van der Waals surface area contributed by atoms with Crippen LogP contribution in [0.15, 0.2) is 18.2 Å². The molecule has 0 aliphatic carbocycles. The minimum absolute atomic E-state index is 0.0240. The van der Waals surface area contributed by atoms with Crippen molar-refractivity contribution in [1.82, 2.24) is 9.80 Å². The summed E-state index contributed by atoms with van der Waals surface area (Å²) in [6, 6.07) is 5.41. The summed E-state index contributed by atoms with van der Waals surface area (Å²) in [4.78, 5) is 27.7. The summed E-state index contributed by atoms with van der Waals surface area (Å²) < 4.78 is 5.75. The normalized spacial score (nSPS) is 21.4. The van der Waals surface area contributed by atoms with E-state index in [0.29, 0.717) is 18.7 Å². The Bertz CT molecular complexity index is 701. The number of carbonyl (C=O) groups excluding carboxylic acids is 2. The van der Waals surface area contributed by atoms with Crippen LogP contribution in [0, 0.1) is 6.92 Å². The van der Waals surface area contributed by atoms with Gasteiger partial charge in [-0.2, -0.15) is 0 Å². The van der Waals surface area contributed by atoms with Crippen LogP contribution in [0.25, 0.3) is 0 Å². The second kappa shape index (κ2) is 7.50. The molecule has 2 fully saturated rings. The van der Waals surface area contributed by atoms with Gasteiger partial charge in [-0.1, -0.05) is 32.9 Å². The number of aliphatic hydroxyl groups excluding tert-OH is 1. The van der Waals surface area contributed by atoms with E-state index in [0.717, 1.165) is 18.4 Å². The Balaban J connectivity index is 1.58. The maximum absolute atomic E-state index is 12.5. The average Bonchev–Trinajstić information content (AvgIpc) is 2.85. The predicted molar refractivity (Wildman–Crippen MR) is 103 cm³/mol. The van der Waals surface area contributed by atoms with E-state index in [1.54, 1.807) is 4.90 Å². The number of ether oxygens (including phenoxy) is 1. The van der Waals surface area contributed by atoms with Crippen LogP contribution in [0.4, 0.5) is 4.79 Å². The lowest BCUT2D eigenvalue weighted by molar-refractivity contribution is -0.129. The predicted octanol–water partition coefficient (Wildman–Crippen LogP) is 2.85. The molecule has 27 heavy (non-hydrogen) atoms. The molecule has 2 heterocycles. The second-order valence-electron chi connectivity index (χ2n) is 8.63. The Hall–Kier alpha value is -2.08. The summed E-state index contributed by atoms with van der Waals surface area (Å²) in [5.41, 5.74) is 2.28. The Morgan fingerprint density at radius 2 is 2.00 bits per heavy atom. The Morgan fingerprint density at radius 3 is 2.63 bits per heavy atom. The molecule has 1 aromatic rings. The van der Waals surface area contributed by atoms with Gasteiger partial charge in [0.05, 0.1) is 6.54 Å². The number of amides is 3. The van der Waals surface area contributed by atoms with Crippen LogP contribution in [-0.4, -0.2) is 58.7 Å². The van der Waals surface area contributed by atoms with E-state index in [9.17, 15) is 14.7 Å². The molecule has 148 valence electrons. The molecular formula is C21H30N2O4. The summed E-state index contributed by atoms with van der Waals surface area (Å²) in [5, 5.41) is 10.3. The first-order chi connectivity index (χ1) is 12.7. The molecule has 0 radical (unpaired) electrons. The monoisotopic (exact) mass is 374 g/mol. The van der Waals surface area contributed by atoms with Gasteiger partial charge in [0.2, 0.25) is 0 Å². The Kier molecular flexibility index (Phi) is 5.47. The lowest BCUT2D eigenvalue weighted by Crippen LogP contribution is -2.40. The van der Waals surface area contributed by atoms with E-state index in [-0.39, 0.29) is 36.5 Å². The number of hydrogen-bond acceptors (Lipinski definition) is 4. The van der Waals surface area contributed by atoms with Crippen LogP contribution in [-0.2, 0) is 10.2 Å². The molecule has 2 aliphatic heterocycles. The number of urea groups is 1. The van der Waals surface area contributed by atoms with E-state index in [1.807, 2.05) is 19.1 Å². The van der Waals surface area contributed by atoms with Crippen molar-refractivity contribution in [3.05, 3.63) is 29.3 Å². The molecule has 0 aromatic heterocycles. The van der Waals surface area contributed by atoms with Crippen molar-refractivity contribution in [3.63, 3.8) is 0 Å². The van der Waals surface area contributed by atoms with Gasteiger partial charge in [0.15, 0.2) is 0 Å². The van der Waals surface area contributed by atoms with Crippen molar-refractivity contribution in [3.8, 4) is 5.75 Å². The number of piperidine rings is 1. The van der Waals surface area contributed by atoms with Crippen molar-refractivity contribution in [2.45, 2.75) is 64.5 Å². The van der Waals surface area contributed by atoms with Crippen molar-refractivity contribution in [2.24, 2.45) is 0 Å². The minimum atomic E-state index is -0.916. The molecule has 0 bridgehead atoms. The third-order valence-electron chi connectivity index (χ3n) is 5.40. The molecule has 0 saturated carbocycles. The first-order valence-electron chi connectivity index (χ1n) is 9.72. The fourth-order valence-electron chi connectivity index (χ4n) is 3.74. The highest BCUT2D eigenvalue weighted by Gasteiger charge is 2.46. The number of benzene rings is 1. The molecule has 6 nitrogen and oxygen atoms in total. The summed E-state index contributed by atoms with van der Waals surface area (Å²) in [5.74, 6) is 0.517. The maximum atomic E-state index is 12.5. The molecule has 6 heteroatoms. The molecule has 1 aromatic carbocycles. The molecule has 3 rings (SSSR count). The van der Waals surface area contributed by atoms with Crippen molar-refractivity contribution >= 4 is 11.9 Å². The molecule has 3 amide bonds. The highest BCUT2D eigenvalue weighted by molar-refractivity contribution is 6.04. The Labute approximate surface area is 161 Å². The van der Waals surface area contributed by atoms with Crippen LogP contribution in [0.2, 0.25) is 0 Å². The zero-order valence-corrected chi connectivity index (χ0v) is 16.7. The molecule has 0 unspecified atom stereocenters. The summed E-state index contributed by atoms with van der Waals surface area (Å²) in [6.07, 6.45) is 1.69. The minimum Gasteiger partial charge on any atom is -0.491 e. The molecule has 1 N–H and O–H groups in total. The van der Waals surface area contributed by atoms with E-state index >= 15 is 0 Å². The second-order valence-corrected chi connectivity index (χ2v) is 8.63. The van der Waals surface area contributed by atoms with E-state index < -0.39 is 6.10 Å². The number of aliphatic hydroxyl groups is 1. The van der Waals surface area contributed by atoms with Gasteiger partial charge >= 0.3 is 6.03 Å². The quantitative estimate of drug-likeness (QED) is 0.805. The number of imide groups is 1. The number of β-amino-alcohol motifs (C(OH)–C–C–N with tert-alkyl or cyclic N) is 1. The SMILES string of the molecule is Cc1cc(C(C)(C)C)ccc1OC[C@H](O)CN1C(=O)[C@@H]2CCCCN2C1=O. The van der Waals surface area contributed by atoms with Crippen LogP contribution in [0.1, 0.15) is 51.2 Å². The zero-order valence-electron chi connectivity index (χ0n) is 16.7. The van der Waals surface area contributed by atoms with Gasteiger partial charge < -0.3 is 14.7 Å². The number of carbonyl (C=O) groups is 2. The largest absolute Gasteiger partial charge is 0.491 e. The van der Waals surface area contributed by atoms with Gasteiger partial charge in [0.1, 0.15) is 24.5 Å². The lowest BCUT2D eigenvalue weighted by atomic mass is 9.86. The van der Waals surface area contributed by atoms with Gasteiger partial charge in [-0.3, -0.25) is 9.69 Å². The fraction of sp³-hybridized carbons (Fsp3) is 0.619. The van der Waals surface area contributed by atoms with E-state index in [1.165, 1.54) is 10.5 Å². The lowest BCUT2D eigenvalue weighted by Gasteiger charge is -2.26. The molecular weight excluding hydrogens is 344 g/mol. The van der Waals surface area contributed by atoms with Gasteiger partial charge in [-0.15, -0.1) is 0 Å². The summed E-state index contributed by atoms with van der Waals surface area (Å²) >= 11 is 0. The molecule has 0 spiro atoms. The first-order valence-corrected chi connectivity index (χ1v) is 9.72. The van der Waals surface area contributed by atoms with Crippen LogP contribution in [0.5, 0.6) is 5.75 Å². The van der Waals surface area contributed by atoms with Gasteiger partial charge in [0.25, 0.3) is 5.91 Å². The van der Waals surface area contributed by atoms with Gasteiger partial charge in [-0.25, -0.2) is 4.79 Å². The highest BCUT2D eigenvalue weighted by Crippen LogP contribution is 2.28. The third-order valence-corrected chi connectivity index (χ3v) is 5.40. The van der Waals surface area contributed by atoms with Gasteiger partial charge in [-0.05, 0) is 48.8 Å². The van der Waals surface area contributed by atoms with Crippen LogP contribution >= 0.6 is 0 Å². The highest BCUT2D eigenvalue weighted by atomic mass is 16.5. The zero-order chi connectivity index (χ0) is 19.8. The fourth-order valence-corrected chi connectivity index (χ4v) is 3.74. The van der Waals surface area contributed by atoms with E-state index in [2.05, 4.69) is 26.8 Å². The van der Waals surface area contributed by atoms with E-state index in [4.69, 9.17) is 4.74 Å². The number of hydrogen-bond donors (Lipinski definition) is 1. The number of aryl methyl sites for hydroxylation is 1. The summed E-state index contributed by atoms with van der Waals surface area (Å²) in [7, 11) is 0. The Morgan fingerprint density at radius 1 is 1.26 bits per heavy atom.